The number of amides is 1. The van der Waals surface area contributed by atoms with Crippen molar-refractivity contribution in [2.24, 2.45) is 0 Å². The van der Waals surface area contributed by atoms with Crippen molar-refractivity contribution in [2.75, 3.05) is 17.7 Å². The molecule has 3 rings (SSSR count). The maximum Gasteiger partial charge on any atom is 0.425 e. The quantitative estimate of drug-likeness (QED) is 0.707. The van der Waals surface area contributed by atoms with E-state index >= 15 is 0 Å². The van der Waals surface area contributed by atoms with Crippen LogP contribution in [0, 0.1) is 0 Å². The van der Waals surface area contributed by atoms with Crippen molar-refractivity contribution in [1.29, 1.82) is 0 Å². The van der Waals surface area contributed by atoms with Crippen LogP contribution in [-0.2, 0) is 15.3 Å². The van der Waals surface area contributed by atoms with Crippen LogP contribution in [0.3, 0.4) is 0 Å². The second-order valence-electron chi connectivity index (χ2n) is 8.02. The predicted molar refractivity (Wildman–Crippen MR) is 107 cm³/mol. The number of alkyl halides is 3. The van der Waals surface area contributed by atoms with Crippen LogP contribution in [0.2, 0.25) is 0 Å². The number of hydrogen-bond acceptors (Lipinski definition) is 4. The number of ether oxygens (including phenoxy) is 1. The van der Waals surface area contributed by atoms with Gasteiger partial charge in [0, 0.05) is 23.9 Å². The average Bonchev–Trinajstić information content (AvgIpc) is 2.91. The number of fused-ring (bicyclic) bond motifs is 1. The molecule has 0 aromatic heterocycles. The number of halogens is 3. The van der Waals surface area contributed by atoms with Crippen LogP contribution in [0.1, 0.15) is 36.7 Å². The van der Waals surface area contributed by atoms with E-state index in [2.05, 4.69) is 0 Å². The van der Waals surface area contributed by atoms with Gasteiger partial charge < -0.3 is 9.64 Å². The molecule has 162 valence electrons. The standard InChI is InChI=1S/C21H22F3NO4S/c1-13(21(22,23)24)29-18-10-9-14(30(4,27)28)11-15(18)19(26)25-12-20(2,3)16-7-5-6-8-17(16)25/h5-11,13H,12H2,1-4H3/t13-/m0/s1. The number of anilines is 1. The molecule has 0 fully saturated rings. The first kappa shape index (κ1) is 22.1. The van der Waals surface area contributed by atoms with Crippen molar-refractivity contribution < 1.29 is 31.1 Å². The summed E-state index contributed by atoms with van der Waals surface area (Å²) >= 11 is 0. The van der Waals surface area contributed by atoms with Gasteiger partial charge in [-0.25, -0.2) is 8.42 Å². The van der Waals surface area contributed by atoms with Crippen LogP contribution in [-0.4, -0.2) is 39.4 Å². The summed E-state index contributed by atoms with van der Waals surface area (Å²) in [6.45, 7) is 5.03. The minimum atomic E-state index is -4.64. The van der Waals surface area contributed by atoms with Gasteiger partial charge in [0.2, 0.25) is 0 Å². The van der Waals surface area contributed by atoms with Gasteiger partial charge in [0.15, 0.2) is 15.9 Å². The number of sulfone groups is 1. The summed E-state index contributed by atoms with van der Waals surface area (Å²) in [6.07, 6.45) is -5.85. The minimum absolute atomic E-state index is 0.176. The zero-order valence-corrected chi connectivity index (χ0v) is 17.8. The number of carbonyl (C=O) groups is 1. The number of carbonyl (C=O) groups excluding carboxylic acids is 1. The largest absolute Gasteiger partial charge is 0.480 e. The van der Waals surface area contributed by atoms with Crippen LogP contribution in [0.25, 0.3) is 0 Å². The van der Waals surface area contributed by atoms with E-state index in [1.807, 2.05) is 26.0 Å². The Balaban J connectivity index is 2.10. The lowest BCUT2D eigenvalue weighted by molar-refractivity contribution is -0.189. The Kier molecular flexibility index (Phi) is 5.39. The van der Waals surface area contributed by atoms with Gasteiger partial charge in [0.1, 0.15) is 5.75 Å². The fourth-order valence-corrected chi connectivity index (χ4v) is 4.09. The van der Waals surface area contributed by atoms with Gasteiger partial charge in [0.25, 0.3) is 5.91 Å². The van der Waals surface area contributed by atoms with E-state index in [1.54, 1.807) is 12.1 Å². The molecular formula is C21H22F3NO4S. The van der Waals surface area contributed by atoms with Gasteiger partial charge in [0.05, 0.1) is 10.5 Å². The molecule has 2 aromatic carbocycles. The van der Waals surface area contributed by atoms with E-state index in [1.165, 1.54) is 4.90 Å². The number of hydrogen-bond donors (Lipinski definition) is 0. The molecule has 1 amide bonds. The molecule has 0 saturated heterocycles. The molecule has 5 nitrogen and oxygen atoms in total. The third-order valence-corrected chi connectivity index (χ3v) is 6.21. The van der Waals surface area contributed by atoms with Crippen molar-refractivity contribution in [2.45, 2.75) is 43.4 Å². The van der Waals surface area contributed by atoms with Crippen molar-refractivity contribution in [3.63, 3.8) is 0 Å². The maximum absolute atomic E-state index is 13.4. The second kappa shape index (κ2) is 7.30. The van der Waals surface area contributed by atoms with Crippen LogP contribution < -0.4 is 9.64 Å². The van der Waals surface area contributed by atoms with Gasteiger partial charge in [-0.3, -0.25) is 4.79 Å². The number of nitrogens with zero attached hydrogens (tertiary/aromatic N) is 1. The lowest BCUT2D eigenvalue weighted by Gasteiger charge is -2.24. The van der Waals surface area contributed by atoms with E-state index in [0.717, 1.165) is 36.9 Å². The van der Waals surface area contributed by atoms with E-state index < -0.39 is 28.0 Å². The molecule has 30 heavy (non-hydrogen) atoms. The Morgan fingerprint density at radius 1 is 1.17 bits per heavy atom. The third-order valence-electron chi connectivity index (χ3n) is 5.10. The molecule has 9 heteroatoms. The molecule has 1 aliphatic heterocycles. The molecule has 1 aliphatic rings. The minimum Gasteiger partial charge on any atom is -0.480 e. The third kappa shape index (κ3) is 4.16. The van der Waals surface area contributed by atoms with Crippen molar-refractivity contribution in [3.8, 4) is 5.75 Å². The maximum atomic E-state index is 13.4. The second-order valence-corrected chi connectivity index (χ2v) is 10.0. The van der Waals surface area contributed by atoms with Crippen molar-refractivity contribution in [1.82, 2.24) is 0 Å². The molecular weight excluding hydrogens is 419 g/mol. The molecule has 2 aromatic rings. The summed E-state index contributed by atoms with van der Waals surface area (Å²) in [5, 5.41) is 0. The first-order valence-electron chi connectivity index (χ1n) is 9.21. The first-order valence-corrected chi connectivity index (χ1v) is 11.1. The summed E-state index contributed by atoms with van der Waals surface area (Å²) in [5.74, 6) is -0.942. The van der Waals surface area contributed by atoms with Crippen molar-refractivity contribution in [3.05, 3.63) is 53.6 Å². The Bertz CT molecular complexity index is 1090. The van der Waals surface area contributed by atoms with Crippen LogP contribution in [0.5, 0.6) is 5.75 Å². The summed E-state index contributed by atoms with van der Waals surface area (Å²) in [4.78, 5) is 14.7. The SMILES string of the molecule is C[C@H](Oc1ccc(S(C)(=O)=O)cc1C(=O)N1CC(C)(C)c2ccccc21)C(F)(F)F. The van der Waals surface area contributed by atoms with E-state index in [-0.39, 0.29) is 21.6 Å². The molecule has 1 atom stereocenters. The zero-order valence-electron chi connectivity index (χ0n) is 16.9. The molecule has 0 aliphatic carbocycles. The number of para-hydroxylation sites is 1. The predicted octanol–water partition coefficient (Wildman–Crippen LogP) is 4.36. The zero-order chi connectivity index (χ0) is 22.5. The van der Waals surface area contributed by atoms with Crippen LogP contribution in [0.4, 0.5) is 18.9 Å². The lowest BCUT2D eigenvalue weighted by atomic mass is 9.87. The van der Waals surface area contributed by atoms with Crippen molar-refractivity contribution >= 4 is 21.4 Å². The Morgan fingerprint density at radius 3 is 2.40 bits per heavy atom. The Morgan fingerprint density at radius 2 is 1.80 bits per heavy atom. The van der Waals surface area contributed by atoms with Gasteiger partial charge in [-0.2, -0.15) is 13.2 Å². The molecule has 1 heterocycles. The van der Waals surface area contributed by atoms with Gasteiger partial charge >= 0.3 is 6.18 Å². The van der Waals surface area contributed by atoms with Crippen LogP contribution in [0.15, 0.2) is 47.4 Å². The highest BCUT2D eigenvalue weighted by atomic mass is 32.2. The summed E-state index contributed by atoms with van der Waals surface area (Å²) in [5.41, 5.74) is 0.943. The summed E-state index contributed by atoms with van der Waals surface area (Å²) < 4.78 is 68.0. The highest BCUT2D eigenvalue weighted by Gasteiger charge is 2.41. The van der Waals surface area contributed by atoms with Crippen LogP contribution >= 0.6 is 0 Å². The highest BCUT2D eigenvalue weighted by Crippen LogP contribution is 2.41. The fraction of sp³-hybridized carbons (Fsp3) is 0.381. The summed E-state index contributed by atoms with van der Waals surface area (Å²) in [7, 11) is -3.69. The molecule has 0 saturated carbocycles. The van der Waals surface area contributed by atoms with E-state index in [0.29, 0.717) is 12.2 Å². The molecule has 0 radical (unpaired) electrons. The Hall–Kier alpha value is -2.55. The first-order chi connectivity index (χ1) is 13.7. The smallest absolute Gasteiger partial charge is 0.425 e. The Labute approximate surface area is 173 Å². The molecule has 0 unspecified atom stereocenters. The summed E-state index contributed by atoms with van der Waals surface area (Å²) in [6, 6.07) is 10.5. The van der Waals surface area contributed by atoms with E-state index in [9.17, 15) is 26.4 Å². The average molecular weight is 441 g/mol. The highest BCUT2D eigenvalue weighted by molar-refractivity contribution is 7.90. The van der Waals surface area contributed by atoms with Gasteiger partial charge in [-0.05, 0) is 36.8 Å². The lowest BCUT2D eigenvalue weighted by Crippen LogP contribution is -2.35. The fourth-order valence-electron chi connectivity index (χ4n) is 3.44. The topological polar surface area (TPSA) is 63.7 Å². The number of benzene rings is 2. The monoisotopic (exact) mass is 441 g/mol. The molecule has 0 spiro atoms. The number of rotatable bonds is 4. The normalized spacial score (nSPS) is 16.8. The van der Waals surface area contributed by atoms with E-state index in [4.69, 9.17) is 4.74 Å². The molecule has 0 bridgehead atoms. The van der Waals surface area contributed by atoms with Gasteiger partial charge in [-0.15, -0.1) is 0 Å². The van der Waals surface area contributed by atoms with Gasteiger partial charge in [-0.1, -0.05) is 32.0 Å². The molecule has 0 N–H and O–H groups in total.